The third kappa shape index (κ3) is 3.14. The van der Waals surface area contributed by atoms with Gasteiger partial charge in [0, 0.05) is 11.1 Å². The number of phenolic OH excluding ortho intramolecular Hbond substituents is 1. The van der Waals surface area contributed by atoms with Gasteiger partial charge in [0.1, 0.15) is 5.75 Å². The number of aromatic hydroxyl groups is 1. The molecule has 2 rings (SSSR count). The second-order valence-corrected chi connectivity index (χ2v) is 4.14. The number of benzene rings is 1. The average Bonchev–Trinajstić information content (AvgIpc) is 2.42. The summed E-state index contributed by atoms with van der Waals surface area (Å²) < 4.78 is 4.91. The van der Waals surface area contributed by atoms with Gasteiger partial charge in [-0.2, -0.15) is 0 Å². The van der Waals surface area contributed by atoms with Gasteiger partial charge in [-0.1, -0.05) is 11.6 Å². The van der Waals surface area contributed by atoms with E-state index >= 15 is 0 Å². The third-order valence-corrected chi connectivity index (χ3v) is 2.64. The molecule has 1 aromatic heterocycles. The molecule has 5 nitrogen and oxygen atoms in total. The van der Waals surface area contributed by atoms with Crippen molar-refractivity contribution in [2.24, 2.45) is 0 Å². The van der Waals surface area contributed by atoms with Gasteiger partial charge < -0.3 is 15.2 Å². The number of carbonyl (C=O) groups excluding carboxylic acids is 1. The number of pyridine rings is 1. The van der Waals surface area contributed by atoms with Crippen molar-refractivity contribution >= 4 is 23.2 Å². The lowest BCUT2D eigenvalue weighted by atomic mass is 10.2. The van der Waals surface area contributed by atoms with E-state index in [1.807, 2.05) is 0 Å². The van der Waals surface area contributed by atoms with E-state index in [0.29, 0.717) is 16.6 Å². The second-order valence-electron chi connectivity index (χ2n) is 3.70. The van der Waals surface area contributed by atoms with Crippen LogP contribution in [-0.4, -0.2) is 23.1 Å². The molecule has 0 saturated heterocycles. The highest BCUT2D eigenvalue weighted by atomic mass is 35.5. The summed E-state index contributed by atoms with van der Waals surface area (Å²) in [6.45, 7) is 0. The fourth-order valence-electron chi connectivity index (χ4n) is 1.46. The molecule has 1 amide bonds. The van der Waals surface area contributed by atoms with Crippen LogP contribution in [0.5, 0.6) is 11.6 Å². The smallest absolute Gasteiger partial charge is 0.259 e. The Labute approximate surface area is 114 Å². The normalized spacial score (nSPS) is 10.0. The highest BCUT2D eigenvalue weighted by molar-refractivity contribution is 6.31. The fraction of sp³-hybridized carbons (Fsp3) is 0.0769. The first-order valence-corrected chi connectivity index (χ1v) is 5.78. The van der Waals surface area contributed by atoms with Gasteiger partial charge in [-0.3, -0.25) is 4.79 Å². The number of ether oxygens (including phenoxy) is 1. The van der Waals surface area contributed by atoms with Crippen LogP contribution in [0.4, 0.5) is 5.69 Å². The summed E-state index contributed by atoms with van der Waals surface area (Å²) in [4.78, 5) is 15.9. The van der Waals surface area contributed by atoms with E-state index in [9.17, 15) is 9.90 Å². The van der Waals surface area contributed by atoms with Crippen LogP contribution >= 0.6 is 11.6 Å². The predicted octanol–water partition coefficient (Wildman–Crippen LogP) is 2.70. The molecule has 1 aromatic carbocycles. The summed E-state index contributed by atoms with van der Waals surface area (Å²) in [5.41, 5.74) is 0.591. The first-order chi connectivity index (χ1) is 9.10. The Bertz CT molecular complexity index is 599. The molecule has 2 aromatic rings. The Morgan fingerprint density at radius 1 is 1.37 bits per heavy atom. The molecule has 0 bridgehead atoms. The monoisotopic (exact) mass is 278 g/mol. The lowest BCUT2D eigenvalue weighted by Gasteiger charge is -2.07. The Morgan fingerprint density at radius 2 is 2.16 bits per heavy atom. The minimum absolute atomic E-state index is 0.100. The summed E-state index contributed by atoms with van der Waals surface area (Å²) in [6.07, 6.45) is 1.46. The van der Waals surface area contributed by atoms with Crippen molar-refractivity contribution in [1.29, 1.82) is 0 Å². The van der Waals surface area contributed by atoms with Crippen molar-refractivity contribution in [1.82, 2.24) is 4.98 Å². The molecule has 0 unspecified atom stereocenters. The Morgan fingerprint density at radius 3 is 2.79 bits per heavy atom. The number of rotatable bonds is 3. The number of methoxy groups -OCH3 is 1. The van der Waals surface area contributed by atoms with Crippen molar-refractivity contribution in [3.63, 3.8) is 0 Å². The predicted molar refractivity (Wildman–Crippen MR) is 71.9 cm³/mol. The number of aromatic nitrogens is 1. The topological polar surface area (TPSA) is 71.5 Å². The average molecular weight is 279 g/mol. The molecule has 0 aliphatic heterocycles. The molecule has 0 spiro atoms. The fourth-order valence-corrected chi connectivity index (χ4v) is 1.64. The largest absolute Gasteiger partial charge is 0.507 e. The van der Waals surface area contributed by atoms with Gasteiger partial charge in [-0.25, -0.2) is 4.98 Å². The maximum atomic E-state index is 12.0. The van der Waals surface area contributed by atoms with Crippen LogP contribution in [-0.2, 0) is 0 Å². The first kappa shape index (κ1) is 13.2. The number of nitrogens with zero attached hydrogens (tertiary/aromatic N) is 1. The summed E-state index contributed by atoms with van der Waals surface area (Å²) in [7, 11) is 1.50. The van der Waals surface area contributed by atoms with Crippen LogP contribution in [0, 0.1) is 0 Å². The summed E-state index contributed by atoms with van der Waals surface area (Å²) >= 11 is 5.78. The van der Waals surface area contributed by atoms with Crippen molar-refractivity contribution in [2.45, 2.75) is 0 Å². The van der Waals surface area contributed by atoms with E-state index < -0.39 is 5.91 Å². The SMILES string of the molecule is COc1ccc(NC(=O)c2cc(Cl)ccc2O)cn1. The number of amides is 1. The van der Waals surface area contributed by atoms with Gasteiger partial charge in [0.05, 0.1) is 24.6 Å². The van der Waals surface area contributed by atoms with Crippen LogP contribution in [0.3, 0.4) is 0 Å². The van der Waals surface area contributed by atoms with E-state index in [-0.39, 0.29) is 11.3 Å². The van der Waals surface area contributed by atoms with Crippen molar-refractivity contribution < 1.29 is 14.6 Å². The van der Waals surface area contributed by atoms with Crippen LogP contribution in [0.25, 0.3) is 0 Å². The maximum Gasteiger partial charge on any atom is 0.259 e. The number of hydrogen-bond donors (Lipinski definition) is 2. The summed E-state index contributed by atoms with van der Waals surface area (Å²) in [5.74, 6) is -0.154. The van der Waals surface area contributed by atoms with Crippen LogP contribution in [0.1, 0.15) is 10.4 Å². The molecule has 98 valence electrons. The molecular formula is C13H11ClN2O3. The lowest BCUT2D eigenvalue weighted by molar-refractivity contribution is 0.102. The number of anilines is 1. The van der Waals surface area contributed by atoms with Gasteiger partial charge in [0.15, 0.2) is 0 Å². The number of halogens is 1. The van der Waals surface area contributed by atoms with Crippen molar-refractivity contribution in [2.75, 3.05) is 12.4 Å². The van der Waals surface area contributed by atoms with E-state index in [1.165, 1.54) is 31.5 Å². The lowest BCUT2D eigenvalue weighted by Crippen LogP contribution is -2.12. The van der Waals surface area contributed by atoms with Crippen molar-refractivity contribution in [3.8, 4) is 11.6 Å². The zero-order valence-electron chi connectivity index (χ0n) is 10.1. The first-order valence-electron chi connectivity index (χ1n) is 5.40. The number of carbonyl (C=O) groups is 1. The summed E-state index contributed by atoms with van der Waals surface area (Å²) in [6, 6.07) is 7.52. The molecule has 19 heavy (non-hydrogen) atoms. The van der Waals surface area contributed by atoms with Crippen LogP contribution < -0.4 is 10.1 Å². The highest BCUT2D eigenvalue weighted by Gasteiger charge is 2.12. The Kier molecular flexibility index (Phi) is 3.87. The Balaban J connectivity index is 2.18. The minimum atomic E-state index is -0.466. The highest BCUT2D eigenvalue weighted by Crippen LogP contribution is 2.22. The molecular weight excluding hydrogens is 268 g/mol. The summed E-state index contributed by atoms with van der Waals surface area (Å²) in [5, 5.41) is 12.6. The van der Waals surface area contributed by atoms with E-state index in [2.05, 4.69) is 10.3 Å². The molecule has 0 saturated carbocycles. The Hall–Kier alpha value is -2.27. The van der Waals surface area contributed by atoms with E-state index in [4.69, 9.17) is 16.3 Å². The zero-order chi connectivity index (χ0) is 13.8. The molecule has 0 aliphatic carbocycles. The number of nitrogens with one attached hydrogen (secondary N) is 1. The zero-order valence-corrected chi connectivity index (χ0v) is 10.8. The molecule has 1 heterocycles. The van der Waals surface area contributed by atoms with Gasteiger partial charge in [-0.05, 0) is 24.3 Å². The van der Waals surface area contributed by atoms with Gasteiger partial charge in [-0.15, -0.1) is 0 Å². The second kappa shape index (κ2) is 5.58. The standard InChI is InChI=1S/C13H11ClN2O3/c1-19-12-5-3-9(7-15-12)16-13(18)10-6-8(14)2-4-11(10)17/h2-7,17H,1H3,(H,16,18). The number of hydrogen-bond acceptors (Lipinski definition) is 4. The molecule has 0 atom stereocenters. The molecule has 0 radical (unpaired) electrons. The minimum Gasteiger partial charge on any atom is -0.507 e. The molecule has 0 fully saturated rings. The maximum absolute atomic E-state index is 12.0. The third-order valence-electron chi connectivity index (χ3n) is 2.41. The van der Waals surface area contributed by atoms with Gasteiger partial charge >= 0.3 is 0 Å². The van der Waals surface area contributed by atoms with Gasteiger partial charge in [0.25, 0.3) is 5.91 Å². The van der Waals surface area contributed by atoms with Gasteiger partial charge in [0.2, 0.25) is 5.88 Å². The molecule has 0 aliphatic rings. The van der Waals surface area contributed by atoms with E-state index in [0.717, 1.165) is 0 Å². The number of phenols is 1. The quantitative estimate of drug-likeness (QED) is 0.905. The molecule has 2 N–H and O–H groups in total. The van der Waals surface area contributed by atoms with Crippen LogP contribution in [0.2, 0.25) is 5.02 Å². The van der Waals surface area contributed by atoms with E-state index in [1.54, 1.807) is 12.1 Å². The molecule has 6 heteroatoms. The van der Waals surface area contributed by atoms with Crippen molar-refractivity contribution in [3.05, 3.63) is 47.1 Å². The van der Waals surface area contributed by atoms with Crippen LogP contribution in [0.15, 0.2) is 36.5 Å².